The van der Waals surface area contributed by atoms with Gasteiger partial charge in [0.05, 0.1) is 17.2 Å². The van der Waals surface area contributed by atoms with Crippen molar-refractivity contribution in [1.29, 1.82) is 0 Å². The van der Waals surface area contributed by atoms with Gasteiger partial charge in [0.1, 0.15) is 5.75 Å². The molecule has 0 saturated carbocycles. The van der Waals surface area contributed by atoms with E-state index in [2.05, 4.69) is 10.1 Å². The van der Waals surface area contributed by atoms with Gasteiger partial charge in [-0.3, -0.25) is 0 Å². The second kappa shape index (κ2) is 4.59. The van der Waals surface area contributed by atoms with Crippen molar-refractivity contribution >= 4 is 11.6 Å². The molecule has 0 radical (unpaired) electrons. The molecule has 1 N–H and O–H groups in total. The van der Waals surface area contributed by atoms with Crippen molar-refractivity contribution in [2.45, 2.75) is 12.3 Å². The maximum Gasteiger partial charge on any atom is 0.259 e. The molecular weight excluding hydrogens is 256 g/mol. The molecule has 0 amide bonds. The summed E-state index contributed by atoms with van der Waals surface area (Å²) in [4.78, 5) is 4.31. The lowest BCUT2D eigenvalue weighted by Gasteiger charge is -1.99. The largest absolute Gasteiger partial charge is 0.508 e. The van der Waals surface area contributed by atoms with Crippen LogP contribution in [0.4, 0.5) is 0 Å². The first-order valence-corrected chi connectivity index (χ1v) is 6.02. The molecule has 1 aromatic heterocycles. The van der Waals surface area contributed by atoms with E-state index in [1.807, 2.05) is 0 Å². The Bertz CT molecular complexity index is 564. The molecule has 94 valence electrons. The highest BCUT2D eigenvalue weighted by molar-refractivity contribution is 6.33. The van der Waals surface area contributed by atoms with E-state index in [9.17, 15) is 5.11 Å². The van der Waals surface area contributed by atoms with Crippen LogP contribution in [0.3, 0.4) is 0 Å². The first kappa shape index (κ1) is 11.5. The summed E-state index contributed by atoms with van der Waals surface area (Å²) in [5.74, 6) is 1.23. The van der Waals surface area contributed by atoms with Gasteiger partial charge in [-0.1, -0.05) is 16.8 Å². The van der Waals surface area contributed by atoms with Crippen molar-refractivity contribution in [2.24, 2.45) is 0 Å². The minimum atomic E-state index is 0.110. The van der Waals surface area contributed by atoms with Gasteiger partial charge in [-0.15, -0.1) is 0 Å². The molecule has 3 rings (SSSR count). The van der Waals surface area contributed by atoms with E-state index < -0.39 is 0 Å². The number of aromatic hydroxyl groups is 1. The summed E-state index contributed by atoms with van der Waals surface area (Å²) in [5, 5.41) is 13.9. The molecular formula is C12H11ClN2O3. The third-order valence-electron chi connectivity index (χ3n) is 2.92. The molecule has 1 aliphatic heterocycles. The third kappa shape index (κ3) is 2.07. The van der Waals surface area contributed by atoms with E-state index >= 15 is 0 Å². The lowest BCUT2D eigenvalue weighted by Crippen LogP contribution is -1.99. The van der Waals surface area contributed by atoms with Crippen molar-refractivity contribution in [1.82, 2.24) is 10.1 Å². The molecule has 2 heterocycles. The Morgan fingerprint density at radius 3 is 3.06 bits per heavy atom. The minimum Gasteiger partial charge on any atom is -0.508 e. The molecule has 1 unspecified atom stereocenters. The zero-order valence-electron chi connectivity index (χ0n) is 9.47. The summed E-state index contributed by atoms with van der Waals surface area (Å²) in [6.07, 6.45) is 0.896. The zero-order valence-corrected chi connectivity index (χ0v) is 10.2. The van der Waals surface area contributed by atoms with Crippen molar-refractivity contribution in [2.75, 3.05) is 13.2 Å². The number of hydrogen-bond acceptors (Lipinski definition) is 5. The predicted molar refractivity (Wildman–Crippen MR) is 64.6 cm³/mol. The fourth-order valence-electron chi connectivity index (χ4n) is 1.93. The first-order chi connectivity index (χ1) is 8.74. The topological polar surface area (TPSA) is 68.4 Å². The first-order valence-electron chi connectivity index (χ1n) is 5.64. The number of phenols is 1. The Morgan fingerprint density at radius 2 is 2.28 bits per heavy atom. The van der Waals surface area contributed by atoms with Gasteiger partial charge in [0.25, 0.3) is 5.89 Å². The van der Waals surface area contributed by atoms with Gasteiger partial charge in [0.2, 0.25) is 0 Å². The van der Waals surface area contributed by atoms with Crippen LogP contribution in [0.2, 0.25) is 5.02 Å². The molecule has 5 nitrogen and oxygen atoms in total. The number of halogens is 1. The predicted octanol–water partition coefficient (Wildman–Crippen LogP) is 2.60. The van der Waals surface area contributed by atoms with E-state index in [1.54, 1.807) is 6.07 Å². The lowest BCUT2D eigenvalue weighted by molar-refractivity contribution is 0.192. The number of phenolic OH excluding ortho intramolecular Hbond substituents is 1. The van der Waals surface area contributed by atoms with Gasteiger partial charge >= 0.3 is 0 Å². The molecule has 1 aliphatic rings. The van der Waals surface area contributed by atoms with Gasteiger partial charge in [0, 0.05) is 12.5 Å². The minimum absolute atomic E-state index is 0.110. The van der Waals surface area contributed by atoms with Crippen LogP contribution in [0.25, 0.3) is 11.5 Å². The normalized spacial score (nSPS) is 19.3. The molecule has 0 spiro atoms. The van der Waals surface area contributed by atoms with Crippen LogP contribution in [-0.4, -0.2) is 28.5 Å². The second-order valence-electron chi connectivity index (χ2n) is 4.18. The molecule has 1 saturated heterocycles. The maximum absolute atomic E-state index is 9.45. The maximum atomic E-state index is 9.45. The summed E-state index contributed by atoms with van der Waals surface area (Å²) in [7, 11) is 0. The van der Waals surface area contributed by atoms with Gasteiger partial charge in [-0.05, 0) is 24.6 Å². The van der Waals surface area contributed by atoms with Crippen LogP contribution >= 0.6 is 11.6 Å². The van der Waals surface area contributed by atoms with Gasteiger partial charge in [-0.25, -0.2) is 0 Å². The van der Waals surface area contributed by atoms with Crippen LogP contribution in [-0.2, 0) is 4.74 Å². The Labute approximate surface area is 108 Å². The van der Waals surface area contributed by atoms with Crippen molar-refractivity contribution < 1.29 is 14.4 Å². The number of rotatable bonds is 2. The van der Waals surface area contributed by atoms with Gasteiger partial charge in [-0.2, -0.15) is 4.98 Å². The van der Waals surface area contributed by atoms with Crippen LogP contribution in [0, 0.1) is 0 Å². The highest BCUT2D eigenvalue weighted by Gasteiger charge is 2.24. The van der Waals surface area contributed by atoms with Crippen molar-refractivity contribution in [3.05, 3.63) is 29.0 Å². The number of nitrogens with zero attached hydrogens (tertiary/aromatic N) is 2. The van der Waals surface area contributed by atoms with Crippen molar-refractivity contribution in [3.63, 3.8) is 0 Å². The molecule has 18 heavy (non-hydrogen) atoms. The van der Waals surface area contributed by atoms with E-state index in [1.165, 1.54) is 12.1 Å². The van der Waals surface area contributed by atoms with Crippen LogP contribution in [0.15, 0.2) is 22.7 Å². The van der Waals surface area contributed by atoms with E-state index in [-0.39, 0.29) is 11.7 Å². The highest BCUT2D eigenvalue weighted by atomic mass is 35.5. The van der Waals surface area contributed by atoms with Gasteiger partial charge < -0.3 is 14.4 Å². The quantitative estimate of drug-likeness (QED) is 0.905. The highest BCUT2D eigenvalue weighted by Crippen LogP contribution is 2.31. The summed E-state index contributed by atoms with van der Waals surface area (Å²) in [5.41, 5.74) is 0.536. The standard InChI is InChI=1S/C12H11ClN2O3/c13-10-2-1-8(16)5-9(10)12-14-11(15-18-12)7-3-4-17-6-7/h1-2,5,7,16H,3-4,6H2. The monoisotopic (exact) mass is 266 g/mol. The fraction of sp³-hybridized carbons (Fsp3) is 0.333. The Kier molecular flexibility index (Phi) is 2.93. The Morgan fingerprint density at radius 1 is 1.39 bits per heavy atom. The van der Waals surface area contributed by atoms with Crippen LogP contribution < -0.4 is 0 Å². The number of ether oxygens (including phenoxy) is 1. The Balaban J connectivity index is 1.94. The molecule has 1 fully saturated rings. The Hall–Kier alpha value is -1.59. The average Bonchev–Trinajstić information content (AvgIpc) is 3.00. The van der Waals surface area contributed by atoms with Gasteiger partial charge in [0.15, 0.2) is 5.82 Å². The molecule has 1 aromatic carbocycles. The van der Waals surface area contributed by atoms with E-state index in [0.717, 1.165) is 13.0 Å². The van der Waals surface area contributed by atoms with E-state index in [4.69, 9.17) is 20.9 Å². The second-order valence-corrected chi connectivity index (χ2v) is 4.59. The fourth-order valence-corrected chi connectivity index (χ4v) is 2.12. The summed E-state index contributed by atoms with van der Waals surface area (Å²) in [6.45, 7) is 1.34. The molecule has 2 aromatic rings. The average molecular weight is 267 g/mol. The smallest absolute Gasteiger partial charge is 0.259 e. The number of aromatic nitrogens is 2. The van der Waals surface area contributed by atoms with Crippen molar-refractivity contribution in [3.8, 4) is 17.2 Å². The van der Waals surface area contributed by atoms with Crippen LogP contribution in [0.5, 0.6) is 5.75 Å². The SMILES string of the molecule is Oc1ccc(Cl)c(-c2nc(C3CCOC3)no2)c1. The summed E-state index contributed by atoms with van der Waals surface area (Å²) >= 11 is 6.04. The summed E-state index contributed by atoms with van der Waals surface area (Å²) < 4.78 is 10.5. The van der Waals surface area contributed by atoms with Crippen LogP contribution in [0.1, 0.15) is 18.2 Å². The van der Waals surface area contributed by atoms with E-state index in [0.29, 0.717) is 28.9 Å². The summed E-state index contributed by atoms with van der Waals surface area (Å²) in [6, 6.07) is 4.60. The lowest BCUT2D eigenvalue weighted by atomic mass is 10.1. The molecule has 1 atom stereocenters. The molecule has 0 bridgehead atoms. The molecule has 0 aliphatic carbocycles. The number of hydrogen-bond donors (Lipinski definition) is 1. The number of benzene rings is 1. The third-order valence-corrected chi connectivity index (χ3v) is 3.25. The molecule has 6 heteroatoms. The zero-order chi connectivity index (χ0) is 12.5.